The molecule has 2 fully saturated rings. The van der Waals surface area contributed by atoms with Gasteiger partial charge in [0.2, 0.25) is 11.8 Å². The van der Waals surface area contributed by atoms with Gasteiger partial charge >= 0.3 is 0 Å². The lowest BCUT2D eigenvalue weighted by atomic mass is 9.73. The smallest absolute Gasteiger partial charge is 0.249 e. The van der Waals surface area contributed by atoms with Crippen LogP contribution in [-0.4, -0.2) is 47.4 Å². The zero-order valence-corrected chi connectivity index (χ0v) is 20.2. The highest BCUT2D eigenvalue weighted by molar-refractivity contribution is 6.00. The molecule has 184 valence electrons. The number of carbonyl (C=O) groups is 2. The number of amides is 2. The number of carbonyl (C=O) groups excluding carboxylic acids is 2. The fraction of sp³-hybridized carbons (Fsp3) is 0.310. The molecule has 0 spiro atoms. The normalized spacial score (nSPS) is 26.7. The van der Waals surface area contributed by atoms with Crippen molar-refractivity contribution in [3.05, 3.63) is 95.3 Å². The van der Waals surface area contributed by atoms with E-state index in [0.29, 0.717) is 18.1 Å². The Morgan fingerprint density at radius 2 is 1.81 bits per heavy atom. The van der Waals surface area contributed by atoms with Crippen molar-refractivity contribution in [2.45, 2.75) is 31.0 Å². The van der Waals surface area contributed by atoms with Crippen molar-refractivity contribution >= 4 is 11.8 Å². The Morgan fingerprint density at radius 3 is 2.53 bits per heavy atom. The number of rotatable bonds is 4. The summed E-state index contributed by atoms with van der Waals surface area (Å²) in [6.45, 7) is 2.50. The molecule has 6 nitrogen and oxygen atoms in total. The number of halogens is 1. The first-order valence-electron chi connectivity index (χ1n) is 12.1. The highest BCUT2D eigenvalue weighted by Gasteiger charge is 2.66. The van der Waals surface area contributed by atoms with Crippen molar-refractivity contribution < 1.29 is 23.5 Å². The van der Waals surface area contributed by atoms with Gasteiger partial charge in [0, 0.05) is 30.0 Å². The van der Waals surface area contributed by atoms with Crippen LogP contribution in [0.4, 0.5) is 4.39 Å². The van der Waals surface area contributed by atoms with Gasteiger partial charge in [0.25, 0.3) is 0 Å². The van der Waals surface area contributed by atoms with Crippen molar-refractivity contribution in [2.75, 3.05) is 20.3 Å². The van der Waals surface area contributed by atoms with Crippen molar-refractivity contribution in [1.29, 1.82) is 0 Å². The van der Waals surface area contributed by atoms with Crippen molar-refractivity contribution in [1.82, 2.24) is 9.80 Å². The van der Waals surface area contributed by atoms with Crippen molar-refractivity contribution in [2.24, 2.45) is 5.92 Å². The maximum absolute atomic E-state index is 14.3. The second-order valence-electron chi connectivity index (χ2n) is 9.91. The van der Waals surface area contributed by atoms with Gasteiger partial charge in [0.1, 0.15) is 29.4 Å². The summed E-state index contributed by atoms with van der Waals surface area (Å²) >= 11 is 0. The Kier molecular flexibility index (Phi) is 5.25. The van der Waals surface area contributed by atoms with E-state index in [1.807, 2.05) is 60.4 Å². The molecular weight excluding hydrogens is 459 g/mol. The number of nitrogens with zero attached hydrogens (tertiary/aromatic N) is 2. The van der Waals surface area contributed by atoms with Crippen LogP contribution in [0.2, 0.25) is 0 Å². The lowest BCUT2D eigenvalue weighted by Gasteiger charge is -2.47. The quantitative estimate of drug-likeness (QED) is 0.552. The van der Waals surface area contributed by atoms with Crippen LogP contribution in [0, 0.1) is 11.7 Å². The van der Waals surface area contributed by atoms with Gasteiger partial charge in [-0.25, -0.2) is 4.39 Å². The molecule has 3 heterocycles. The molecule has 3 aromatic carbocycles. The molecule has 0 aliphatic carbocycles. The average Bonchev–Trinajstić information content (AvgIpc) is 3.18. The van der Waals surface area contributed by atoms with Crippen LogP contribution in [-0.2, 0) is 16.1 Å². The van der Waals surface area contributed by atoms with Gasteiger partial charge in [0.05, 0.1) is 19.8 Å². The molecule has 0 N–H and O–H groups in total. The first-order chi connectivity index (χ1) is 17.4. The van der Waals surface area contributed by atoms with E-state index in [4.69, 9.17) is 9.47 Å². The van der Waals surface area contributed by atoms with E-state index in [1.54, 1.807) is 24.1 Å². The standard InChI is InChI=1S/C29H27FN2O4/c1-29-26(19-6-4-3-5-7-19)23-17-36-24-14-21(35-2)12-13-22(24)27(23)32(29)25(33)16-31(28(29)34)15-18-8-10-20(30)11-9-18/h3-14,23,26-27H,15-17H2,1-2H3/t23?,26?,27?,29-/m1/s1. The average molecular weight is 487 g/mol. The summed E-state index contributed by atoms with van der Waals surface area (Å²) in [5.41, 5.74) is 1.58. The van der Waals surface area contributed by atoms with E-state index in [-0.39, 0.29) is 48.6 Å². The zero-order valence-electron chi connectivity index (χ0n) is 20.2. The monoisotopic (exact) mass is 486 g/mol. The van der Waals surface area contributed by atoms with E-state index in [1.165, 1.54) is 12.1 Å². The first kappa shape index (κ1) is 22.6. The molecule has 3 aromatic rings. The second kappa shape index (κ2) is 8.36. The molecule has 2 amide bonds. The van der Waals surface area contributed by atoms with Crippen LogP contribution in [0.25, 0.3) is 0 Å². The molecule has 0 bridgehead atoms. The van der Waals surface area contributed by atoms with Gasteiger partial charge in [-0.2, -0.15) is 0 Å². The van der Waals surface area contributed by atoms with E-state index in [0.717, 1.165) is 16.7 Å². The first-order valence-corrected chi connectivity index (χ1v) is 12.1. The van der Waals surface area contributed by atoms with Crippen LogP contribution in [0.1, 0.15) is 35.6 Å². The predicted octanol–water partition coefficient (Wildman–Crippen LogP) is 4.31. The third-order valence-electron chi connectivity index (χ3n) is 7.95. The fourth-order valence-corrected chi connectivity index (χ4v) is 6.44. The highest BCUT2D eigenvalue weighted by Crippen LogP contribution is 2.60. The predicted molar refractivity (Wildman–Crippen MR) is 131 cm³/mol. The highest BCUT2D eigenvalue weighted by atomic mass is 19.1. The molecule has 4 atom stereocenters. The maximum atomic E-state index is 14.3. The minimum Gasteiger partial charge on any atom is -0.497 e. The van der Waals surface area contributed by atoms with Crippen LogP contribution >= 0.6 is 0 Å². The van der Waals surface area contributed by atoms with E-state index in [9.17, 15) is 14.0 Å². The second-order valence-corrected chi connectivity index (χ2v) is 9.91. The van der Waals surface area contributed by atoms with Gasteiger partial charge in [-0.1, -0.05) is 42.5 Å². The lowest BCUT2D eigenvalue weighted by molar-refractivity contribution is -0.164. The van der Waals surface area contributed by atoms with Crippen molar-refractivity contribution in [3.8, 4) is 11.5 Å². The van der Waals surface area contributed by atoms with Crippen molar-refractivity contribution in [3.63, 3.8) is 0 Å². The molecular formula is C29H27FN2O4. The lowest BCUT2D eigenvalue weighted by Crippen LogP contribution is -2.65. The minimum atomic E-state index is -1.10. The largest absolute Gasteiger partial charge is 0.497 e. The molecule has 3 unspecified atom stereocenters. The Labute approximate surface area is 209 Å². The SMILES string of the molecule is COc1ccc2c(c1)OCC1C2N2C(=O)CN(Cc3ccc(F)cc3)C(=O)[C@@]2(C)C1c1ccccc1. The summed E-state index contributed by atoms with van der Waals surface area (Å²) in [7, 11) is 1.61. The van der Waals surface area contributed by atoms with Gasteiger partial charge in [-0.15, -0.1) is 0 Å². The summed E-state index contributed by atoms with van der Waals surface area (Å²) in [4.78, 5) is 31.6. The maximum Gasteiger partial charge on any atom is 0.249 e. The molecule has 36 heavy (non-hydrogen) atoms. The molecule has 0 saturated carbocycles. The fourth-order valence-electron chi connectivity index (χ4n) is 6.44. The van der Waals surface area contributed by atoms with E-state index in [2.05, 4.69) is 0 Å². The summed E-state index contributed by atoms with van der Waals surface area (Å²) in [6.07, 6.45) is 0. The van der Waals surface area contributed by atoms with Gasteiger partial charge in [-0.05, 0) is 42.3 Å². The number of ether oxygens (including phenoxy) is 2. The molecule has 0 radical (unpaired) electrons. The Bertz CT molecular complexity index is 1330. The van der Waals surface area contributed by atoms with Crippen LogP contribution in [0.3, 0.4) is 0 Å². The van der Waals surface area contributed by atoms with Crippen LogP contribution < -0.4 is 9.47 Å². The number of benzene rings is 3. The number of hydrogen-bond acceptors (Lipinski definition) is 4. The van der Waals surface area contributed by atoms with Crippen LogP contribution in [0.5, 0.6) is 11.5 Å². The summed E-state index contributed by atoms with van der Waals surface area (Å²) in [6, 6.07) is 21.3. The third-order valence-corrected chi connectivity index (χ3v) is 7.95. The Balaban J connectivity index is 1.46. The topological polar surface area (TPSA) is 59.1 Å². The number of methoxy groups -OCH3 is 1. The molecule has 2 saturated heterocycles. The van der Waals surface area contributed by atoms with Gasteiger partial charge < -0.3 is 19.3 Å². The molecule has 0 aromatic heterocycles. The molecule has 3 aliphatic rings. The van der Waals surface area contributed by atoms with Crippen LogP contribution in [0.15, 0.2) is 72.8 Å². The summed E-state index contributed by atoms with van der Waals surface area (Å²) < 4.78 is 25.0. The summed E-state index contributed by atoms with van der Waals surface area (Å²) in [5, 5.41) is 0. The zero-order chi connectivity index (χ0) is 25.0. The van der Waals surface area contributed by atoms with E-state index >= 15 is 0 Å². The minimum absolute atomic E-state index is 0.0249. The summed E-state index contributed by atoms with van der Waals surface area (Å²) in [5.74, 6) is 0.460. The number of piperazine rings is 1. The van der Waals surface area contributed by atoms with Gasteiger partial charge in [-0.3, -0.25) is 9.59 Å². The molecule has 3 aliphatic heterocycles. The van der Waals surface area contributed by atoms with E-state index < -0.39 is 5.54 Å². The molecule has 7 heteroatoms. The number of hydrogen-bond donors (Lipinski definition) is 0. The third kappa shape index (κ3) is 3.29. The Hall–Kier alpha value is -3.87. The van der Waals surface area contributed by atoms with Gasteiger partial charge in [0.15, 0.2) is 0 Å². The molecule has 6 rings (SSSR count). The Morgan fingerprint density at radius 1 is 1.06 bits per heavy atom. The number of fused-ring (bicyclic) bond motifs is 5.